The summed E-state index contributed by atoms with van der Waals surface area (Å²) in [7, 11) is 1.55. The minimum atomic E-state index is -4.22. The number of halogens is 3. The number of likely N-dealkylation sites (N-methyl/N-ethyl adjacent to an activating group) is 1. The first kappa shape index (κ1) is 13.8. The van der Waals surface area contributed by atoms with Crippen molar-refractivity contribution in [1.29, 1.82) is 0 Å². The number of nitrogens with two attached hydrogens (primary N) is 1. The van der Waals surface area contributed by atoms with E-state index in [1.807, 2.05) is 6.92 Å². The van der Waals surface area contributed by atoms with Gasteiger partial charge < -0.3 is 5.73 Å². The maximum absolute atomic E-state index is 12.7. The van der Waals surface area contributed by atoms with E-state index < -0.39 is 12.2 Å². The molecule has 0 heterocycles. The summed E-state index contributed by atoms with van der Waals surface area (Å²) in [5.74, 6) is 0.329. The zero-order chi connectivity index (χ0) is 12.3. The highest BCUT2D eigenvalue weighted by atomic mass is 19.4. The van der Waals surface area contributed by atoms with Crippen LogP contribution in [0.4, 0.5) is 13.2 Å². The van der Waals surface area contributed by atoms with E-state index in [1.54, 1.807) is 7.05 Å². The summed E-state index contributed by atoms with van der Waals surface area (Å²) in [5.41, 5.74) is 5.25. The Morgan fingerprint density at radius 2 is 1.88 bits per heavy atom. The largest absolute Gasteiger partial charge is 0.405 e. The molecule has 1 saturated carbocycles. The van der Waals surface area contributed by atoms with Crippen LogP contribution in [-0.2, 0) is 0 Å². The van der Waals surface area contributed by atoms with Crippen molar-refractivity contribution in [3.8, 4) is 0 Å². The van der Waals surface area contributed by atoms with Crippen molar-refractivity contribution in [2.24, 2.45) is 11.7 Å². The van der Waals surface area contributed by atoms with E-state index in [-0.39, 0.29) is 12.6 Å². The van der Waals surface area contributed by atoms with Gasteiger partial charge in [0.1, 0.15) is 6.04 Å². The molecule has 3 atom stereocenters. The average molecular weight is 238 g/mol. The van der Waals surface area contributed by atoms with Gasteiger partial charge in [-0.25, -0.2) is 0 Å². The van der Waals surface area contributed by atoms with Crippen molar-refractivity contribution in [1.82, 2.24) is 4.90 Å². The second-order valence-corrected chi connectivity index (χ2v) is 4.79. The fourth-order valence-electron chi connectivity index (χ4n) is 2.66. The van der Waals surface area contributed by atoms with Crippen LogP contribution in [0.25, 0.3) is 0 Å². The van der Waals surface area contributed by atoms with Crippen molar-refractivity contribution in [2.75, 3.05) is 13.6 Å². The van der Waals surface area contributed by atoms with Crippen molar-refractivity contribution < 1.29 is 13.2 Å². The summed E-state index contributed by atoms with van der Waals surface area (Å²) in [6.45, 7) is 1.67. The Labute approximate surface area is 95.0 Å². The van der Waals surface area contributed by atoms with Crippen LogP contribution in [0, 0.1) is 5.92 Å². The van der Waals surface area contributed by atoms with Gasteiger partial charge in [-0.2, -0.15) is 13.2 Å². The van der Waals surface area contributed by atoms with E-state index >= 15 is 0 Å². The van der Waals surface area contributed by atoms with Crippen LogP contribution in [0.15, 0.2) is 0 Å². The molecule has 0 aliphatic heterocycles. The molecule has 2 nitrogen and oxygen atoms in total. The Balaban J connectivity index is 2.70. The van der Waals surface area contributed by atoms with Crippen LogP contribution in [0.1, 0.15) is 32.6 Å². The molecule has 0 aromatic carbocycles. The van der Waals surface area contributed by atoms with Gasteiger partial charge in [0, 0.05) is 12.6 Å². The predicted molar refractivity (Wildman–Crippen MR) is 58.1 cm³/mol. The standard InChI is InChI=1S/C11H21F3N2/c1-8-5-3-4-6-9(8)16(2)10(7-15)11(12,13)14/h8-10H,3-7,15H2,1-2H3. The van der Waals surface area contributed by atoms with Crippen LogP contribution in [0.2, 0.25) is 0 Å². The molecule has 0 radical (unpaired) electrons. The van der Waals surface area contributed by atoms with Gasteiger partial charge in [0.05, 0.1) is 0 Å². The Bertz CT molecular complexity index is 218. The third-order valence-corrected chi connectivity index (χ3v) is 3.68. The van der Waals surface area contributed by atoms with Gasteiger partial charge in [0.15, 0.2) is 0 Å². The van der Waals surface area contributed by atoms with E-state index in [1.165, 1.54) is 4.90 Å². The fraction of sp³-hybridized carbons (Fsp3) is 1.00. The summed E-state index contributed by atoms with van der Waals surface area (Å²) in [4.78, 5) is 1.43. The molecular formula is C11H21F3N2. The van der Waals surface area contributed by atoms with Gasteiger partial charge >= 0.3 is 6.18 Å². The molecule has 1 aliphatic carbocycles. The molecule has 0 bridgehead atoms. The van der Waals surface area contributed by atoms with Gasteiger partial charge in [-0.3, -0.25) is 4.90 Å². The molecule has 2 N–H and O–H groups in total. The molecule has 0 saturated heterocycles. The van der Waals surface area contributed by atoms with E-state index in [4.69, 9.17) is 5.73 Å². The lowest BCUT2D eigenvalue weighted by atomic mass is 9.84. The predicted octanol–water partition coefficient (Wildman–Crippen LogP) is 2.39. The highest BCUT2D eigenvalue weighted by Crippen LogP contribution is 2.32. The lowest BCUT2D eigenvalue weighted by Gasteiger charge is -2.40. The molecule has 1 aliphatic rings. The molecular weight excluding hydrogens is 217 g/mol. The van der Waals surface area contributed by atoms with Gasteiger partial charge in [0.2, 0.25) is 0 Å². The lowest BCUT2D eigenvalue weighted by Crippen LogP contribution is -2.54. The van der Waals surface area contributed by atoms with Crippen molar-refractivity contribution in [3.63, 3.8) is 0 Å². The first-order valence-corrected chi connectivity index (χ1v) is 5.86. The second kappa shape index (κ2) is 5.36. The zero-order valence-corrected chi connectivity index (χ0v) is 9.93. The molecule has 5 heteroatoms. The third kappa shape index (κ3) is 3.10. The molecule has 3 unspecified atom stereocenters. The highest BCUT2D eigenvalue weighted by Gasteiger charge is 2.44. The topological polar surface area (TPSA) is 29.3 Å². The summed E-state index contributed by atoms with van der Waals surface area (Å²) in [6.07, 6.45) is -0.200. The van der Waals surface area contributed by atoms with E-state index in [9.17, 15) is 13.2 Å². The minimum Gasteiger partial charge on any atom is -0.329 e. The number of hydrogen-bond donors (Lipinski definition) is 1. The molecule has 0 amide bonds. The number of nitrogens with zero attached hydrogens (tertiary/aromatic N) is 1. The van der Waals surface area contributed by atoms with E-state index in [0.29, 0.717) is 5.92 Å². The Kier molecular flexibility index (Phi) is 4.62. The molecule has 0 aromatic rings. The normalized spacial score (nSPS) is 29.4. The molecule has 1 fully saturated rings. The minimum absolute atomic E-state index is 0.0175. The van der Waals surface area contributed by atoms with Gasteiger partial charge in [-0.05, 0) is 25.8 Å². The maximum atomic E-state index is 12.7. The zero-order valence-electron chi connectivity index (χ0n) is 9.93. The van der Waals surface area contributed by atoms with Crippen LogP contribution in [-0.4, -0.2) is 36.8 Å². The Hall–Kier alpha value is -0.290. The molecule has 96 valence electrons. The molecule has 0 aromatic heterocycles. The Morgan fingerprint density at radius 1 is 1.31 bits per heavy atom. The first-order valence-electron chi connectivity index (χ1n) is 5.86. The number of alkyl halides is 3. The van der Waals surface area contributed by atoms with E-state index in [2.05, 4.69) is 0 Å². The first-order chi connectivity index (χ1) is 7.38. The SMILES string of the molecule is CC1CCCCC1N(C)C(CN)C(F)(F)F. The monoisotopic (exact) mass is 238 g/mol. The van der Waals surface area contributed by atoms with Gasteiger partial charge in [-0.15, -0.1) is 0 Å². The van der Waals surface area contributed by atoms with E-state index in [0.717, 1.165) is 25.7 Å². The summed E-state index contributed by atoms with van der Waals surface area (Å²) in [5, 5.41) is 0. The summed E-state index contributed by atoms with van der Waals surface area (Å²) < 4.78 is 38.2. The molecule has 16 heavy (non-hydrogen) atoms. The number of rotatable bonds is 3. The Morgan fingerprint density at radius 3 is 2.31 bits per heavy atom. The number of hydrogen-bond acceptors (Lipinski definition) is 2. The van der Waals surface area contributed by atoms with Gasteiger partial charge in [0.25, 0.3) is 0 Å². The average Bonchev–Trinajstić information content (AvgIpc) is 2.17. The highest BCUT2D eigenvalue weighted by molar-refractivity contribution is 4.87. The van der Waals surface area contributed by atoms with Crippen molar-refractivity contribution >= 4 is 0 Å². The maximum Gasteiger partial charge on any atom is 0.405 e. The van der Waals surface area contributed by atoms with Crippen molar-refractivity contribution in [2.45, 2.75) is 50.9 Å². The summed E-state index contributed by atoms with van der Waals surface area (Å²) in [6, 6.07) is -1.48. The van der Waals surface area contributed by atoms with Crippen molar-refractivity contribution in [3.05, 3.63) is 0 Å². The smallest absolute Gasteiger partial charge is 0.329 e. The van der Waals surface area contributed by atoms with Crippen LogP contribution < -0.4 is 5.73 Å². The summed E-state index contributed by atoms with van der Waals surface area (Å²) >= 11 is 0. The lowest BCUT2D eigenvalue weighted by molar-refractivity contribution is -0.186. The van der Waals surface area contributed by atoms with Gasteiger partial charge in [-0.1, -0.05) is 19.8 Å². The van der Waals surface area contributed by atoms with Crippen LogP contribution >= 0.6 is 0 Å². The van der Waals surface area contributed by atoms with Crippen LogP contribution in [0.3, 0.4) is 0 Å². The second-order valence-electron chi connectivity index (χ2n) is 4.79. The quantitative estimate of drug-likeness (QED) is 0.818. The van der Waals surface area contributed by atoms with Crippen LogP contribution in [0.5, 0.6) is 0 Å². The third-order valence-electron chi connectivity index (χ3n) is 3.68. The molecule has 0 spiro atoms. The molecule has 1 rings (SSSR count). The fourth-order valence-corrected chi connectivity index (χ4v) is 2.66.